The predicted octanol–water partition coefficient (Wildman–Crippen LogP) is 2.65. The topological polar surface area (TPSA) is 58.3 Å². The van der Waals surface area contributed by atoms with Crippen molar-refractivity contribution in [3.05, 3.63) is 40.6 Å². The predicted molar refractivity (Wildman–Crippen MR) is 64.2 cm³/mol. The molecule has 0 aliphatic rings. The van der Waals surface area contributed by atoms with E-state index >= 15 is 0 Å². The Bertz CT molecular complexity index is 436. The first-order valence-electron chi connectivity index (χ1n) is 4.60. The molecule has 0 saturated heterocycles. The van der Waals surface area contributed by atoms with E-state index in [-0.39, 0.29) is 5.75 Å². The van der Waals surface area contributed by atoms with E-state index in [4.69, 9.17) is 10.8 Å². The van der Waals surface area contributed by atoms with E-state index < -0.39 is 0 Å². The summed E-state index contributed by atoms with van der Waals surface area (Å²) in [6.45, 7) is 0.717. The Hall–Kier alpha value is -1.68. The maximum atomic E-state index is 9.11. The number of thiophene rings is 1. The van der Waals surface area contributed by atoms with E-state index in [2.05, 4.69) is 5.32 Å². The average Bonchev–Trinajstić information content (AvgIpc) is 2.63. The monoisotopic (exact) mass is 220 g/mol. The quantitative estimate of drug-likeness (QED) is 0.697. The summed E-state index contributed by atoms with van der Waals surface area (Å²) in [4.78, 5) is 1.13. The van der Waals surface area contributed by atoms with Gasteiger partial charge in [0.2, 0.25) is 0 Å². The molecule has 2 aromatic rings. The second-order valence-electron chi connectivity index (χ2n) is 3.20. The van der Waals surface area contributed by atoms with Crippen LogP contribution in [0.3, 0.4) is 0 Å². The number of anilines is 2. The Morgan fingerprint density at radius 2 is 1.93 bits per heavy atom. The summed E-state index contributed by atoms with van der Waals surface area (Å²) >= 11 is 1.64. The maximum Gasteiger partial charge on any atom is 0.115 e. The van der Waals surface area contributed by atoms with Crippen LogP contribution in [-0.4, -0.2) is 5.11 Å². The molecule has 0 atom stereocenters. The van der Waals surface area contributed by atoms with Gasteiger partial charge in [-0.1, -0.05) is 0 Å². The summed E-state index contributed by atoms with van der Waals surface area (Å²) in [5.74, 6) is 0.274. The zero-order chi connectivity index (χ0) is 10.7. The molecule has 0 aliphatic heterocycles. The van der Waals surface area contributed by atoms with Gasteiger partial charge < -0.3 is 16.2 Å². The largest absolute Gasteiger partial charge is 0.508 e. The minimum absolute atomic E-state index is 0.274. The maximum absolute atomic E-state index is 9.11. The molecule has 78 valence electrons. The molecule has 15 heavy (non-hydrogen) atoms. The van der Waals surface area contributed by atoms with Gasteiger partial charge in [0, 0.05) is 16.3 Å². The number of hydrogen-bond acceptors (Lipinski definition) is 4. The number of hydrogen-bond donors (Lipinski definition) is 3. The fourth-order valence-corrected chi connectivity index (χ4v) is 1.99. The molecule has 0 unspecified atom stereocenters. The van der Waals surface area contributed by atoms with Gasteiger partial charge in [-0.25, -0.2) is 0 Å². The van der Waals surface area contributed by atoms with Crippen molar-refractivity contribution in [2.75, 3.05) is 11.1 Å². The molecule has 0 spiro atoms. The summed E-state index contributed by atoms with van der Waals surface area (Å²) < 4.78 is 0. The van der Waals surface area contributed by atoms with Gasteiger partial charge >= 0.3 is 0 Å². The van der Waals surface area contributed by atoms with Crippen LogP contribution in [0.5, 0.6) is 5.75 Å². The number of phenolic OH excluding ortho intramolecular Hbond substituents is 1. The standard InChI is InChI=1S/C11H12N2OS/c12-10-5-6-15-11(10)7-13-8-1-3-9(14)4-2-8/h1-6,13-14H,7,12H2. The van der Waals surface area contributed by atoms with Crippen LogP contribution in [0.2, 0.25) is 0 Å². The summed E-state index contributed by atoms with van der Waals surface area (Å²) in [6, 6.07) is 8.87. The Balaban J connectivity index is 1.99. The van der Waals surface area contributed by atoms with Gasteiger partial charge in [-0.05, 0) is 35.7 Å². The van der Waals surface area contributed by atoms with E-state index in [0.717, 1.165) is 16.3 Å². The van der Waals surface area contributed by atoms with Crippen molar-refractivity contribution in [3.63, 3.8) is 0 Å². The minimum Gasteiger partial charge on any atom is -0.508 e. The van der Waals surface area contributed by atoms with Gasteiger partial charge in [0.05, 0.1) is 6.54 Å². The highest BCUT2D eigenvalue weighted by Crippen LogP contribution is 2.21. The Morgan fingerprint density at radius 3 is 2.53 bits per heavy atom. The van der Waals surface area contributed by atoms with E-state index in [1.807, 2.05) is 23.6 Å². The van der Waals surface area contributed by atoms with Gasteiger partial charge in [-0.3, -0.25) is 0 Å². The molecule has 0 amide bonds. The number of phenols is 1. The highest BCUT2D eigenvalue weighted by molar-refractivity contribution is 7.10. The lowest BCUT2D eigenvalue weighted by atomic mass is 10.3. The fraction of sp³-hybridized carbons (Fsp3) is 0.0909. The molecule has 1 aromatic heterocycles. The zero-order valence-electron chi connectivity index (χ0n) is 8.10. The van der Waals surface area contributed by atoms with Gasteiger partial charge in [0.25, 0.3) is 0 Å². The lowest BCUT2D eigenvalue weighted by molar-refractivity contribution is 0.475. The molecule has 1 heterocycles. The van der Waals surface area contributed by atoms with Crippen LogP contribution in [0.25, 0.3) is 0 Å². The second-order valence-corrected chi connectivity index (χ2v) is 4.20. The molecule has 2 rings (SSSR count). The third-order valence-corrected chi connectivity index (χ3v) is 3.04. The molecule has 1 aromatic carbocycles. The van der Waals surface area contributed by atoms with Crippen molar-refractivity contribution in [2.24, 2.45) is 0 Å². The Labute approximate surface area is 92.2 Å². The molecular weight excluding hydrogens is 208 g/mol. The molecule has 0 fully saturated rings. The van der Waals surface area contributed by atoms with E-state index in [1.54, 1.807) is 23.5 Å². The first-order chi connectivity index (χ1) is 7.25. The normalized spacial score (nSPS) is 10.1. The van der Waals surface area contributed by atoms with Gasteiger partial charge in [0.15, 0.2) is 0 Å². The number of benzene rings is 1. The summed E-state index contributed by atoms with van der Waals surface area (Å²) in [5.41, 5.74) is 7.56. The molecule has 0 radical (unpaired) electrons. The number of rotatable bonds is 3. The summed E-state index contributed by atoms with van der Waals surface area (Å²) in [7, 11) is 0. The van der Waals surface area contributed by atoms with Crippen LogP contribution < -0.4 is 11.1 Å². The van der Waals surface area contributed by atoms with Crippen LogP contribution in [0.15, 0.2) is 35.7 Å². The van der Waals surface area contributed by atoms with E-state index in [1.165, 1.54) is 0 Å². The van der Waals surface area contributed by atoms with Gasteiger partial charge in [0.1, 0.15) is 5.75 Å². The van der Waals surface area contributed by atoms with Gasteiger partial charge in [-0.15, -0.1) is 11.3 Å². The number of nitrogen functional groups attached to an aromatic ring is 1. The lowest BCUT2D eigenvalue weighted by Gasteiger charge is -2.05. The van der Waals surface area contributed by atoms with Gasteiger partial charge in [-0.2, -0.15) is 0 Å². The Morgan fingerprint density at radius 1 is 1.20 bits per heavy atom. The highest BCUT2D eigenvalue weighted by Gasteiger charge is 1.99. The van der Waals surface area contributed by atoms with Crippen LogP contribution in [-0.2, 0) is 6.54 Å². The second kappa shape index (κ2) is 4.23. The zero-order valence-corrected chi connectivity index (χ0v) is 8.92. The first kappa shape index (κ1) is 9.86. The van der Waals surface area contributed by atoms with Crippen LogP contribution in [0.1, 0.15) is 4.88 Å². The third kappa shape index (κ3) is 2.41. The van der Waals surface area contributed by atoms with Crippen molar-refractivity contribution in [1.82, 2.24) is 0 Å². The molecule has 4 heteroatoms. The number of nitrogens with one attached hydrogen (secondary N) is 1. The fourth-order valence-electron chi connectivity index (χ4n) is 1.26. The van der Waals surface area contributed by atoms with Crippen molar-refractivity contribution >= 4 is 22.7 Å². The first-order valence-corrected chi connectivity index (χ1v) is 5.48. The van der Waals surface area contributed by atoms with Crippen LogP contribution in [0, 0.1) is 0 Å². The van der Waals surface area contributed by atoms with E-state index in [9.17, 15) is 0 Å². The summed E-state index contributed by atoms with van der Waals surface area (Å²) in [5, 5.41) is 14.3. The molecule has 4 N–H and O–H groups in total. The van der Waals surface area contributed by atoms with Crippen molar-refractivity contribution < 1.29 is 5.11 Å². The number of nitrogens with two attached hydrogens (primary N) is 1. The van der Waals surface area contributed by atoms with Crippen molar-refractivity contribution in [3.8, 4) is 5.75 Å². The molecular formula is C11H12N2OS. The lowest BCUT2D eigenvalue weighted by Crippen LogP contribution is -1.99. The molecule has 3 nitrogen and oxygen atoms in total. The Kier molecular flexibility index (Phi) is 2.78. The molecule has 0 saturated carbocycles. The van der Waals surface area contributed by atoms with Crippen molar-refractivity contribution in [1.29, 1.82) is 0 Å². The third-order valence-electron chi connectivity index (χ3n) is 2.10. The molecule has 0 bridgehead atoms. The summed E-state index contributed by atoms with van der Waals surface area (Å²) in [6.07, 6.45) is 0. The van der Waals surface area contributed by atoms with E-state index in [0.29, 0.717) is 6.54 Å². The smallest absolute Gasteiger partial charge is 0.115 e. The van der Waals surface area contributed by atoms with Crippen molar-refractivity contribution in [2.45, 2.75) is 6.54 Å². The van der Waals surface area contributed by atoms with Crippen LogP contribution in [0.4, 0.5) is 11.4 Å². The SMILES string of the molecule is Nc1ccsc1CNc1ccc(O)cc1. The number of aromatic hydroxyl groups is 1. The van der Waals surface area contributed by atoms with Crippen LogP contribution >= 0.6 is 11.3 Å². The average molecular weight is 220 g/mol. The minimum atomic E-state index is 0.274. The molecule has 0 aliphatic carbocycles. The highest BCUT2D eigenvalue weighted by atomic mass is 32.1.